The Labute approximate surface area is 210 Å². The van der Waals surface area contributed by atoms with Crippen molar-refractivity contribution >= 4 is 27.6 Å². The van der Waals surface area contributed by atoms with E-state index in [4.69, 9.17) is 10.5 Å². The van der Waals surface area contributed by atoms with Crippen LogP contribution >= 0.6 is 0 Å². The van der Waals surface area contributed by atoms with Crippen LogP contribution in [-0.2, 0) is 15.4 Å². The predicted molar refractivity (Wildman–Crippen MR) is 137 cm³/mol. The predicted octanol–water partition coefficient (Wildman–Crippen LogP) is 4.43. The Morgan fingerprint density at radius 2 is 2.00 bits per heavy atom. The van der Waals surface area contributed by atoms with Gasteiger partial charge in [-0.05, 0) is 57.9 Å². The molecule has 0 aliphatic carbocycles. The maximum Gasteiger partial charge on any atom is 0.233 e. The van der Waals surface area contributed by atoms with Crippen molar-refractivity contribution < 1.29 is 21.9 Å². The first-order valence-corrected chi connectivity index (χ1v) is 13.1. The van der Waals surface area contributed by atoms with Gasteiger partial charge in [0.25, 0.3) is 0 Å². The first-order valence-electron chi connectivity index (χ1n) is 11.5. The Morgan fingerprint density at radius 1 is 1.28 bits per heavy atom. The van der Waals surface area contributed by atoms with Crippen LogP contribution in [0, 0.1) is 17.7 Å². The number of hydrogen-bond donors (Lipinski definition) is 1. The Kier molecular flexibility index (Phi) is 7.84. The number of benzene rings is 1. The fourth-order valence-corrected chi connectivity index (χ4v) is 5.46. The van der Waals surface area contributed by atoms with Gasteiger partial charge in [0.1, 0.15) is 27.6 Å². The monoisotopic (exact) mass is 516 g/mol. The van der Waals surface area contributed by atoms with Gasteiger partial charge in [-0.1, -0.05) is 25.3 Å². The van der Waals surface area contributed by atoms with Gasteiger partial charge >= 0.3 is 0 Å². The first-order chi connectivity index (χ1) is 16.8. The third kappa shape index (κ3) is 5.57. The Bertz CT molecular complexity index is 1360. The first kappa shape index (κ1) is 27.3. The van der Waals surface area contributed by atoms with Crippen molar-refractivity contribution in [2.45, 2.75) is 63.9 Å². The van der Waals surface area contributed by atoms with Crippen LogP contribution in [0.15, 0.2) is 35.6 Å². The van der Waals surface area contributed by atoms with Crippen LogP contribution in [0.1, 0.15) is 64.3 Å². The average Bonchev–Trinajstić information content (AvgIpc) is 2.79. The van der Waals surface area contributed by atoms with E-state index >= 15 is 0 Å². The fraction of sp³-hybridized carbons (Fsp3) is 0.423. The molecule has 1 aliphatic heterocycles. The topological polar surface area (TPSA) is 108 Å². The minimum absolute atomic E-state index is 0.0000864. The number of ether oxygens (including phenoxy) is 1. The lowest BCUT2D eigenvalue weighted by molar-refractivity contribution is 0.235. The van der Waals surface area contributed by atoms with E-state index in [1.54, 1.807) is 6.92 Å². The van der Waals surface area contributed by atoms with Gasteiger partial charge in [0, 0.05) is 5.56 Å². The van der Waals surface area contributed by atoms with Crippen LogP contribution < -0.4 is 10.5 Å². The van der Waals surface area contributed by atoms with Gasteiger partial charge in [-0.25, -0.2) is 27.2 Å². The summed E-state index contributed by atoms with van der Waals surface area (Å²) in [5.41, 5.74) is 4.76. The standard InChI is InChI=1S/C26H30F2N4O3S/c1-6-8-18(9-7-2)35-23-15-30-22(14-31-23)21(28)13-17-10-11-20(27)19(12-17)26(5)16-36(33,34)25(3,4)24(29)32-26/h10-15,18H,6,8,16H2,1-5H3,(H2,29,32)/b21-13-/t18-,26-/m0/s1. The second-order valence-electron chi connectivity index (χ2n) is 9.30. The van der Waals surface area contributed by atoms with E-state index in [0.29, 0.717) is 5.56 Å². The highest BCUT2D eigenvalue weighted by Crippen LogP contribution is 2.38. The SMILES string of the molecule is CC#C[C@H](CCC)Oc1cnc(/C(F)=C/c2ccc(F)c([C@]3(C)CS(=O)(=O)C(C)(C)C(N)=N3)c2)cn1. The van der Waals surface area contributed by atoms with Crippen molar-refractivity contribution in [1.29, 1.82) is 0 Å². The summed E-state index contributed by atoms with van der Waals surface area (Å²) < 4.78 is 59.8. The molecule has 2 aromatic rings. The number of halogens is 2. The van der Waals surface area contributed by atoms with Crippen molar-refractivity contribution in [3.05, 3.63) is 53.2 Å². The van der Waals surface area contributed by atoms with Crippen LogP contribution in [0.5, 0.6) is 5.88 Å². The van der Waals surface area contributed by atoms with E-state index in [0.717, 1.165) is 25.0 Å². The largest absolute Gasteiger partial charge is 0.460 e. The van der Waals surface area contributed by atoms with Crippen molar-refractivity contribution in [2.75, 3.05) is 5.75 Å². The van der Waals surface area contributed by atoms with Crippen molar-refractivity contribution in [1.82, 2.24) is 9.97 Å². The molecule has 1 aliphatic rings. The molecule has 0 amide bonds. The number of nitrogens with zero attached hydrogens (tertiary/aromatic N) is 3. The molecule has 2 atom stereocenters. The molecule has 192 valence electrons. The van der Waals surface area contributed by atoms with Gasteiger partial charge in [0.2, 0.25) is 5.88 Å². The maximum atomic E-state index is 15.0. The molecule has 0 saturated heterocycles. The van der Waals surface area contributed by atoms with Crippen molar-refractivity contribution in [3.8, 4) is 17.7 Å². The smallest absolute Gasteiger partial charge is 0.233 e. The zero-order valence-corrected chi connectivity index (χ0v) is 21.8. The summed E-state index contributed by atoms with van der Waals surface area (Å²) in [5.74, 6) is 4.05. The molecule has 10 heteroatoms. The van der Waals surface area contributed by atoms with E-state index in [1.165, 1.54) is 45.3 Å². The molecule has 0 unspecified atom stereocenters. The molecule has 1 aromatic heterocycles. The van der Waals surface area contributed by atoms with Crippen LogP contribution in [-0.4, -0.2) is 40.8 Å². The highest BCUT2D eigenvalue weighted by molar-refractivity contribution is 7.93. The molecular formula is C26H30F2N4O3S. The molecule has 0 bridgehead atoms. The molecule has 36 heavy (non-hydrogen) atoms. The fourth-order valence-electron chi connectivity index (χ4n) is 3.78. The summed E-state index contributed by atoms with van der Waals surface area (Å²) >= 11 is 0. The number of sulfone groups is 1. The van der Waals surface area contributed by atoms with Crippen LogP contribution in [0.3, 0.4) is 0 Å². The molecule has 0 spiro atoms. The Hall–Kier alpha value is -3.32. The van der Waals surface area contributed by atoms with Crippen LogP contribution in [0.2, 0.25) is 0 Å². The number of aliphatic imine (C=N–C) groups is 1. The lowest BCUT2D eigenvalue weighted by atomic mass is 9.91. The second kappa shape index (κ2) is 10.3. The summed E-state index contributed by atoms with van der Waals surface area (Å²) in [6.07, 6.45) is 4.97. The normalized spacial score (nSPS) is 21.6. The van der Waals surface area contributed by atoms with E-state index in [1.807, 2.05) is 6.92 Å². The molecule has 1 aromatic carbocycles. The average molecular weight is 517 g/mol. The van der Waals surface area contributed by atoms with Gasteiger partial charge in [-0.2, -0.15) is 0 Å². The summed E-state index contributed by atoms with van der Waals surface area (Å²) in [7, 11) is -3.73. The summed E-state index contributed by atoms with van der Waals surface area (Å²) in [6.45, 7) is 8.15. The van der Waals surface area contributed by atoms with Gasteiger partial charge in [0.05, 0.1) is 18.1 Å². The van der Waals surface area contributed by atoms with Crippen LogP contribution in [0.25, 0.3) is 11.9 Å². The quantitative estimate of drug-likeness (QED) is 0.546. The number of aromatic nitrogens is 2. The van der Waals surface area contributed by atoms with Crippen LogP contribution in [0.4, 0.5) is 8.78 Å². The third-order valence-electron chi connectivity index (χ3n) is 6.09. The van der Waals surface area contributed by atoms with E-state index < -0.39 is 37.5 Å². The van der Waals surface area contributed by atoms with Gasteiger partial charge in [0.15, 0.2) is 21.8 Å². The summed E-state index contributed by atoms with van der Waals surface area (Å²) in [5, 5.41) is 0. The minimum Gasteiger partial charge on any atom is -0.460 e. The second-order valence-corrected chi connectivity index (χ2v) is 11.8. The molecule has 0 saturated carbocycles. The molecule has 2 N–H and O–H groups in total. The molecule has 3 rings (SSSR count). The molecular weight excluding hydrogens is 486 g/mol. The number of nitrogens with two attached hydrogens (primary N) is 1. The van der Waals surface area contributed by atoms with E-state index in [-0.39, 0.29) is 29.1 Å². The lowest BCUT2D eigenvalue weighted by Gasteiger charge is -2.38. The van der Waals surface area contributed by atoms with Gasteiger partial charge in [-0.15, -0.1) is 5.92 Å². The molecule has 2 heterocycles. The van der Waals surface area contributed by atoms with Gasteiger partial charge in [-0.3, -0.25) is 4.99 Å². The van der Waals surface area contributed by atoms with E-state index in [2.05, 4.69) is 26.8 Å². The maximum absolute atomic E-state index is 15.0. The Morgan fingerprint density at radius 3 is 2.58 bits per heavy atom. The summed E-state index contributed by atoms with van der Waals surface area (Å²) in [4.78, 5) is 12.5. The van der Waals surface area contributed by atoms with Crippen molar-refractivity contribution in [3.63, 3.8) is 0 Å². The van der Waals surface area contributed by atoms with E-state index in [9.17, 15) is 17.2 Å². The minimum atomic E-state index is -3.73. The lowest BCUT2D eigenvalue weighted by Crippen LogP contribution is -2.55. The van der Waals surface area contributed by atoms with Crippen molar-refractivity contribution in [2.24, 2.45) is 10.7 Å². The van der Waals surface area contributed by atoms with Gasteiger partial charge < -0.3 is 10.5 Å². The third-order valence-corrected chi connectivity index (χ3v) is 8.80. The summed E-state index contributed by atoms with van der Waals surface area (Å²) in [6, 6.07) is 3.88. The number of hydrogen-bond acceptors (Lipinski definition) is 7. The molecule has 0 radical (unpaired) electrons. The zero-order valence-electron chi connectivity index (χ0n) is 21.0. The molecule has 7 nitrogen and oxygen atoms in total. The highest BCUT2D eigenvalue weighted by Gasteiger charge is 2.49. The highest BCUT2D eigenvalue weighted by atomic mass is 32.2. The molecule has 0 fully saturated rings. The number of rotatable bonds is 7. The Balaban J connectivity index is 1.90. The zero-order chi connectivity index (χ0) is 26.7. The number of amidine groups is 1.